The van der Waals surface area contributed by atoms with Crippen molar-refractivity contribution >= 4 is 11.6 Å². The molecule has 0 bridgehead atoms. The molecule has 0 amide bonds. The van der Waals surface area contributed by atoms with E-state index in [0.717, 1.165) is 30.0 Å². The van der Waals surface area contributed by atoms with E-state index < -0.39 is 0 Å². The largest absolute Gasteiger partial charge is 0.330 e. The molecule has 0 fully saturated rings. The van der Waals surface area contributed by atoms with Gasteiger partial charge < -0.3 is 9.88 Å². The second kappa shape index (κ2) is 5.50. The van der Waals surface area contributed by atoms with Crippen LogP contribution in [0, 0.1) is 5.82 Å². The van der Waals surface area contributed by atoms with E-state index >= 15 is 0 Å². The summed E-state index contributed by atoms with van der Waals surface area (Å²) in [6.07, 6.45) is 0.780. The monoisotopic (exact) mass is 267 g/mol. The van der Waals surface area contributed by atoms with E-state index in [0.29, 0.717) is 5.15 Å². The van der Waals surface area contributed by atoms with Gasteiger partial charge in [0.05, 0.1) is 5.69 Å². The predicted octanol–water partition coefficient (Wildman–Crippen LogP) is 2.64. The molecular formula is C13H15ClFN3. The van der Waals surface area contributed by atoms with E-state index in [1.165, 1.54) is 12.1 Å². The molecule has 1 aromatic heterocycles. The molecule has 0 aliphatic rings. The number of benzene rings is 1. The average molecular weight is 268 g/mol. The smallest absolute Gasteiger partial charge is 0.155 e. The lowest BCUT2D eigenvalue weighted by Gasteiger charge is -2.06. The predicted molar refractivity (Wildman–Crippen MR) is 71.2 cm³/mol. The molecule has 0 spiro atoms. The third-order valence-electron chi connectivity index (χ3n) is 2.84. The Bertz CT molecular complexity index is 551. The van der Waals surface area contributed by atoms with Crippen LogP contribution in [0.15, 0.2) is 24.3 Å². The lowest BCUT2D eigenvalue weighted by Crippen LogP contribution is -2.13. The molecular weight excluding hydrogens is 253 g/mol. The van der Waals surface area contributed by atoms with Crippen molar-refractivity contribution in [1.82, 2.24) is 14.9 Å². The zero-order chi connectivity index (χ0) is 13.1. The van der Waals surface area contributed by atoms with Gasteiger partial charge in [-0.25, -0.2) is 9.37 Å². The number of hydrogen-bond donors (Lipinski definition) is 1. The lowest BCUT2D eigenvalue weighted by molar-refractivity contribution is 0.628. The van der Waals surface area contributed by atoms with Crippen LogP contribution in [0.5, 0.6) is 0 Å². The third kappa shape index (κ3) is 2.54. The number of rotatable bonds is 4. The van der Waals surface area contributed by atoms with E-state index in [1.807, 2.05) is 24.7 Å². The minimum atomic E-state index is -0.276. The normalized spacial score (nSPS) is 10.9. The first-order valence-electron chi connectivity index (χ1n) is 5.75. The van der Waals surface area contributed by atoms with Crippen LogP contribution < -0.4 is 5.32 Å². The first-order chi connectivity index (χ1) is 8.63. The number of halogens is 2. The van der Waals surface area contributed by atoms with Gasteiger partial charge >= 0.3 is 0 Å². The Morgan fingerprint density at radius 1 is 1.44 bits per heavy atom. The Labute approximate surface area is 111 Å². The van der Waals surface area contributed by atoms with Gasteiger partial charge in [0.25, 0.3) is 0 Å². The fourth-order valence-electron chi connectivity index (χ4n) is 1.92. The number of nitrogens with zero attached hydrogens (tertiary/aromatic N) is 2. The van der Waals surface area contributed by atoms with Crippen molar-refractivity contribution < 1.29 is 4.39 Å². The Morgan fingerprint density at radius 2 is 2.22 bits per heavy atom. The summed E-state index contributed by atoms with van der Waals surface area (Å²) in [6, 6.07) is 6.37. The van der Waals surface area contributed by atoms with Crippen LogP contribution in [-0.2, 0) is 13.5 Å². The summed E-state index contributed by atoms with van der Waals surface area (Å²) in [6.45, 7) is 0.823. The van der Waals surface area contributed by atoms with Gasteiger partial charge in [0, 0.05) is 25.6 Å². The Hall–Kier alpha value is -1.39. The van der Waals surface area contributed by atoms with E-state index in [4.69, 9.17) is 11.6 Å². The van der Waals surface area contributed by atoms with Crippen molar-refractivity contribution in [2.24, 2.45) is 7.05 Å². The van der Waals surface area contributed by atoms with Gasteiger partial charge in [0.2, 0.25) is 0 Å². The zero-order valence-corrected chi connectivity index (χ0v) is 11.1. The first-order valence-corrected chi connectivity index (χ1v) is 6.13. The molecule has 5 heteroatoms. The van der Waals surface area contributed by atoms with Gasteiger partial charge in [-0.3, -0.25) is 0 Å². The number of hydrogen-bond acceptors (Lipinski definition) is 2. The summed E-state index contributed by atoms with van der Waals surface area (Å²) in [5, 5.41) is 3.48. The third-order valence-corrected chi connectivity index (χ3v) is 3.11. The van der Waals surface area contributed by atoms with Crippen LogP contribution in [0.1, 0.15) is 5.82 Å². The van der Waals surface area contributed by atoms with Crippen LogP contribution >= 0.6 is 11.6 Å². The maximum Gasteiger partial charge on any atom is 0.155 e. The van der Waals surface area contributed by atoms with E-state index in [1.54, 1.807) is 6.07 Å². The zero-order valence-electron chi connectivity index (χ0n) is 10.4. The van der Waals surface area contributed by atoms with E-state index in [-0.39, 0.29) is 5.82 Å². The summed E-state index contributed by atoms with van der Waals surface area (Å²) >= 11 is 6.14. The summed E-state index contributed by atoms with van der Waals surface area (Å²) in [5.41, 5.74) is 1.49. The van der Waals surface area contributed by atoms with Crippen LogP contribution in [-0.4, -0.2) is 23.1 Å². The molecule has 0 unspecified atom stereocenters. The minimum Gasteiger partial charge on any atom is -0.330 e. The molecule has 1 aromatic carbocycles. The molecule has 0 saturated carbocycles. The number of aromatic nitrogens is 2. The highest BCUT2D eigenvalue weighted by molar-refractivity contribution is 6.32. The molecule has 0 saturated heterocycles. The molecule has 0 atom stereocenters. The van der Waals surface area contributed by atoms with Gasteiger partial charge in [0.1, 0.15) is 11.6 Å². The van der Waals surface area contributed by atoms with Crippen molar-refractivity contribution in [3.05, 3.63) is 41.1 Å². The average Bonchev–Trinajstić information content (AvgIpc) is 2.62. The van der Waals surface area contributed by atoms with Crippen LogP contribution in [0.4, 0.5) is 4.39 Å². The molecule has 3 nitrogen and oxygen atoms in total. The van der Waals surface area contributed by atoms with Gasteiger partial charge in [-0.2, -0.15) is 0 Å². The van der Waals surface area contributed by atoms with E-state index in [2.05, 4.69) is 10.3 Å². The minimum absolute atomic E-state index is 0.276. The van der Waals surface area contributed by atoms with Crippen LogP contribution in [0.3, 0.4) is 0 Å². The molecule has 18 heavy (non-hydrogen) atoms. The van der Waals surface area contributed by atoms with Crippen LogP contribution in [0.25, 0.3) is 11.3 Å². The SMILES string of the molecule is CNCCc1nc(Cl)c(-c2cccc(F)c2)n1C. The summed E-state index contributed by atoms with van der Waals surface area (Å²) in [7, 11) is 3.78. The molecule has 0 aliphatic heterocycles. The molecule has 2 rings (SSSR count). The molecule has 0 aliphatic carbocycles. The molecule has 96 valence electrons. The number of nitrogens with one attached hydrogen (secondary N) is 1. The Kier molecular flexibility index (Phi) is 3.99. The fraction of sp³-hybridized carbons (Fsp3) is 0.308. The highest BCUT2D eigenvalue weighted by Crippen LogP contribution is 2.28. The van der Waals surface area contributed by atoms with Gasteiger partial charge in [-0.05, 0) is 19.2 Å². The molecule has 1 N–H and O–H groups in total. The molecule has 0 radical (unpaired) electrons. The topological polar surface area (TPSA) is 29.9 Å². The van der Waals surface area contributed by atoms with Crippen molar-refractivity contribution in [3.63, 3.8) is 0 Å². The number of likely N-dealkylation sites (N-methyl/N-ethyl adjacent to an activating group) is 1. The molecule has 1 heterocycles. The van der Waals surface area contributed by atoms with Crippen molar-refractivity contribution in [1.29, 1.82) is 0 Å². The number of imidazole rings is 1. The van der Waals surface area contributed by atoms with Gasteiger partial charge in [-0.15, -0.1) is 0 Å². The standard InChI is InChI=1S/C13H15ClFN3/c1-16-7-6-11-17-13(14)12(18(11)2)9-4-3-5-10(15)8-9/h3-5,8,16H,6-7H2,1-2H3. The maximum absolute atomic E-state index is 13.2. The fourth-order valence-corrected chi connectivity index (χ4v) is 2.25. The highest BCUT2D eigenvalue weighted by atomic mass is 35.5. The maximum atomic E-state index is 13.2. The summed E-state index contributed by atoms with van der Waals surface area (Å²) < 4.78 is 15.2. The quantitative estimate of drug-likeness (QED) is 0.923. The van der Waals surface area contributed by atoms with Gasteiger partial charge in [-0.1, -0.05) is 23.7 Å². The second-order valence-corrected chi connectivity index (χ2v) is 4.45. The van der Waals surface area contributed by atoms with Crippen molar-refractivity contribution in [2.75, 3.05) is 13.6 Å². The van der Waals surface area contributed by atoms with Crippen molar-refractivity contribution in [3.8, 4) is 11.3 Å². The van der Waals surface area contributed by atoms with Crippen LogP contribution in [0.2, 0.25) is 5.15 Å². The molecule has 2 aromatic rings. The van der Waals surface area contributed by atoms with E-state index in [9.17, 15) is 4.39 Å². The van der Waals surface area contributed by atoms with Gasteiger partial charge in [0.15, 0.2) is 5.15 Å². The Balaban J connectivity index is 2.42. The summed E-state index contributed by atoms with van der Waals surface area (Å²) in [4.78, 5) is 4.32. The first kappa shape index (κ1) is 13.1. The lowest BCUT2D eigenvalue weighted by atomic mass is 10.1. The highest BCUT2D eigenvalue weighted by Gasteiger charge is 2.14. The Morgan fingerprint density at radius 3 is 2.89 bits per heavy atom. The van der Waals surface area contributed by atoms with Crippen molar-refractivity contribution in [2.45, 2.75) is 6.42 Å². The second-order valence-electron chi connectivity index (χ2n) is 4.09. The summed E-state index contributed by atoms with van der Waals surface area (Å²) in [5.74, 6) is 0.607.